The third-order valence-corrected chi connectivity index (χ3v) is 4.85. The minimum Gasteiger partial charge on any atom is -0.317 e. The highest BCUT2D eigenvalue weighted by Crippen LogP contribution is 2.17. The van der Waals surface area contributed by atoms with E-state index >= 15 is 0 Å². The van der Waals surface area contributed by atoms with Crippen LogP contribution in [0.15, 0.2) is 48.5 Å². The third kappa shape index (κ3) is 3.98. The van der Waals surface area contributed by atoms with Gasteiger partial charge in [-0.2, -0.15) is 5.10 Å². The number of para-hydroxylation sites is 1. The number of aromatic amines is 1. The van der Waals surface area contributed by atoms with Gasteiger partial charge in [-0.25, -0.2) is 0 Å². The van der Waals surface area contributed by atoms with Crippen LogP contribution in [0.1, 0.15) is 29.7 Å². The fraction of sp³-hybridized carbons (Fsp3) is 0.286. The molecule has 0 amide bonds. The number of hydrogen-bond donors (Lipinski definition) is 3. The number of benzene rings is 2. The second kappa shape index (κ2) is 7.64. The number of fused-ring (bicyclic) bond motifs is 1. The van der Waals surface area contributed by atoms with Gasteiger partial charge in [-0.15, -0.1) is 0 Å². The highest BCUT2D eigenvalue weighted by atomic mass is 15.1. The van der Waals surface area contributed by atoms with Crippen LogP contribution in [0.5, 0.6) is 0 Å². The molecule has 1 aromatic heterocycles. The molecule has 1 aliphatic rings. The summed E-state index contributed by atoms with van der Waals surface area (Å²) in [7, 11) is 0. The molecular weight excluding hydrogens is 308 g/mol. The molecule has 0 atom stereocenters. The van der Waals surface area contributed by atoms with Crippen LogP contribution in [0.25, 0.3) is 23.1 Å². The van der Waals surface area contributed by atoms with Gasteiger partial charge in [-0.05, 0) is 49.2 Å². The molecule has 0 saturated carbocycles. The van der Waals surface area contributed by atoms with Crippen LogP contribution in [0.4, 0.5) is 0 Å². The van der Waals surface area contributed by atoms with Gasteiger partial charge < -0.3 is 10.6 Å². The number of H-pyrrole nitrogens is 1. The molecule has 1 fully saturated rings. The molecule has 4 rings (SSSR count). The van der Waals surface area contributed by atoms with Gasteiger partial charge in [0, 0.05) is 18.0 Å². The highest BCUT2D eigenvalue weighted by Gasteiger charge is 2.11. The SMILES string of the molecule is C(=Cc1n[nH]c2ccccc12)c1ccc(CNC2CCNCC2)cc1. The molecule has 3 N–H and O–H groups in total. The Balaban J connectivity index is 1.38. The monoisotopic (exact) mass is 332 g/mol. The molecule has 4 nitrogen and oxygen atoms in total. The molecular formula is C21H24N4. The first-order valence-corrected chi connectivity index (χ1v) is 9.03. The van der Waals surface area contributed by atoms with Gasteiger partial charge in [0.2, 0.25) is 0 Å². The lowest BCUT2D eigenvalue weighted by molar-refractivity contribution is 0.386. The van der Waals surface area contributed by atoms with Crippen LogP contribution in [-0.4, -0.2) is 29.3 Å². The summed E-state index contributed by atoms with van der Waals surface area (Å²) in [6.45, 7) is 3.20. The molecule has 0 radical (unpaired) electrons. The van der Waals surface area contributed by atoms with E-state index in [1.807, 2.05) is 18.2 Å². The van der Waals surface area contributed by atoms with Gasteiger partial charge >= 0.3 is 0 Å². The first-order valence-electron chi connectivity index (χ1n) is 9.03. The largest absolute Gasteiger partial charge is 0.317 e. The Morgan fingerprint density at radius 2 is 1.80 bits per heavy atom. The zero-order chi connectivity index (χ0) is 16.9. The van der Waals surface area contributed by atoms with Crippen LogP contribution in [0.2, 0.25) is 0 Å². The number of aromatic nitrogens is 2. The minimum atomic E-state index is 0.647. The summed E-state index contributed by atoms with van der Waals surface area (Å²) in [5.74, 6) is 0. The van der Waals surface area contributed by atoms with Crippen LogP contribution in [0, 0.1) is 0 Å². The first-order chi connectivity index (χ1) is 12.4. The van der Waals surface area contributed by atoms with Crippen molar-refractivity contribution in [3.63, 3.8) is 0 Å². The van der Waals surface area contributed by atoms with Crippen molar-refractivity contribution < 1.29 is 0 Å². The average molecular weight is 332 g/mol. The summed E-state index contributed by atoms with van der Waals surface area (Å²) in [6, 6.07) is 17.6. The predicted molar refractivity (Wildman–Crippen MR) is 104 cm³/mol. The molecule has 1 saturated heterocycles. The van der Waals surface area contributed by atoms with Gasteiger partial charge in [0.05, 0.1) is 11.2 Å². The van der Waals surface area contributed by atoms with E-state index in [2.05, 4.69) is 63.3 Å². The van der Waals surface area contributed by atoms with Crippen LogP contribution < -0.4 is 10.6 Å². The number of rotatable bonds is 5. The maximum Gasteiger partial charge on any atom is 0.0927 e. The van der Waals surface area contributed by atoms with Crippen molar-refractivity contribution in [1.82, 2.24) is 20.8 Å². The van der Waals surface area contributed by atoms with E-state index in [-0.39, 0.29) is 0 Å². The lowest BCUT2D eigenvalue weighted by Crippen LogP contribution is -2.39. The Morgan fingerprint density at radius 3 is 2.64 bits per heavy atom. The molecule has 1 aliphatic heterocycles. The summed E-state index contributed by atoms with van der Waals surface area (Å²) in [4.78, 5) is 0. The van der Waals surface area contributed by atoms with Crippen LogP contribution in [0.3, 0.4) is 0 Å². The molecule has 0 aliphatic carbocycles. The molecule has 0 bridgehead atoms. The fourth-order valence-corrected chi connectivity index (χ4v) is 3.32. The molecule has 25 heavy (non-hydrogen) atoms. The Hall–Kier alpha value is -2.43. The summed E-state index contributed by atoms with van der Waals surface area (Å²) in [6.07, 6.45) is 6.63. The van der Waals surface area contributed by atoms with Crippen molar-refractivity contribution >= 4 is 23.1 Å². The first kappa shape index (κ1) is 16.1. The number of hydrogen-bond acceptors (Lipinski definition) is 3. The van der Waals surface area contributed by atoms with Crippen molar-refractivity contribution in [2.75, 3.05) is 13.1 Å². The molecule has 0 unspecified atom stereocenters. The smallest absolute Gasteiger partial charge is 0.0927 e. The average Bonchev–Trinajstić information content (AvgIpc) is 3.10. The van der Waals surface area contributed by atoms with Gasteiger partial charge in [-0.3, -0.25) is 5.10 Å². The fourth-order valence-electron chi connectivity index (χ4n) is 3.32. The van der Waals surface area contributed by atoms with Crippen molar-refractivity contribution in [2.24, 2.45) is 0 Å². The van der Waals surface area contributed by atoms with E-state index < -0.39 is 0 Å². The maximum atomic E-state index is 4.38. The Labute approximate surface area is 148 Å². The molecule has 4 heteroatoms. The van der Waals surface area contributed by atoms with Crippen molar-refractivity contribution in [3.05, 3.63) is 65.4 Å². The summed E-state index contributed by atoms with van der Waals surface area (Å²) in [5.41, 5.74) is 4.58. The minimum absolute atomic E-state index is 0.647. The van der Waals surface area contributed by atoms with Gasteiger partial charge in [0.25, 0.3) is 0 Å². The lowest BCUT2D eigenvalue weighted by Gasteiger charge is -2.23. The topological polar surface area (TPSA) is 52.7 Å². The number of nitrogens with zero attached hydrogens (tertiary/aromatic N) is 1. The van der Waals surface area contributed by atoms with E-state index in [9.17, 15) is 0 Å². The van der Waals surface area contributed by atoms with Gasteiger partial charge in [0.1, 0.15) is 0 Å². The third-order valence-electron chi connectivity index (χ3n) is 4.85. The normalized spacial score (nSPS) is 16.0. The molecule has 2 aromatic carbocycles. The second-order valence-electron chi connectivity index (χ2n) is 6.63. The second-order valence-corrected chi connectivity index (χ2v) is 6.63. The van der Waals surface area contributed by atoms with E-state index in [1.54, 1.807) is 0 Å². The van der Waals surface area contributed by atoms with Crippen molar-refractivity contribution in [1.29, 1.82) is 0 Å². The highest BCUT2D eigenvalue weighted by molar-refractivity contribution is 5.89. The van der Waals surface area contributed by atoms with Crippen molar-refractivity contribution in [3.8, 4) is 0 Å². The van der Waals surface area contributed by atoms with E-state index in [0.717, 1.165) is 36.2 Å². The molecule has 3 aromatic rings. The zero-order valence-corrected chi connectivity index (χ0v) is 14.3. The molecule has 128 valence electrons. The quantitative estimate of drug-likeness (QED) is 0.669. The number of nitrogens with one attached hydrogen (secondary N) is 3. The Morgan fingerprint density at radius 1 is 1.00 bits per heavy atom. The van der Waals surface area contributed by atoms with Gasteiger partial charge in [0.15, 0.2) is 0 Å². The molecule has 2 heterocycles. The van der Waals surface area contributed by atoms with E-state index in [4.69, 9.17) is 0 Å². The molecule has 0 spiro atoms. The van der Waals surface area contributed by atoms with Crippen LogP contribution >= 0.6 is 0 Å². The maximum absolute atomic E-state index is 4.38. The predicted octanol–water partition coefficient (Wildman–Crippen LogP) is 3.57. The van der Waals surface area contributed by atoms with E-state index in [1.165, 1.54) is 24.0 Å². The Bertz CT molecular complexity index is 842. The zero-order valence-electron chi connectivity index (χ0n) is 14.3. The number of piperidine rings is 1. The van der Waals surface area contributed by atoms with Gasteiger partial charge in [-0.1, -0.05) is 48.5 Å². The van der Waals surface area contributed by atoms with E-state index in [0.29, 0.717) is 6.04 Å². The summed E-state index contributed by atoms with van der Waals surface area (Å²) < 4.78 is 0. The van der Waals surface area contributed by atoms with Crippen molar-refractivity contribution in [2.45, 2.75) is 25.4 Å². The standard InChI is InChI=1S/C21H24N4/c1-2-4-20-19(3-1)21(25-24-20)10-9-16-5-7-17(8-6-16)15-23-18-11-13-22-14-12-18/h1-10,18,22-23H,11-15H2,(H,24,25). The van der Waals surface area contributed by atoms with Crippen LogP contribution in [-0.2, 0) is 6.54 Å². The summed E-state index contributed by atoms with van der Waals surface area (Å²) in [5, 5.41) is 15.7. The lowest BCUT2D eigenvalue weighted by atomic mass is 10.1. The Kier molecular flexibility index (Phi) is 4.91. The summed E-state index contributed by atoms with van der Waals surface area (Å²) >= 11 is 0.